The average Bonchev–Trinajstić information content (AvgIpc) is 3.31. The van der Waals surface area contributed by atoms with E-state index in [2.05, 4.69) is 41.5 Å². The third kappa shape index (κ3) is 4.54. The molecule has 5 saturated carbocycles. The first-order valence-corrected chi connectivity index (χ1v) is 17.9. The van der Waals surface area contributed by atoms with Crippen molar-refractivity contribution in [3.63, 3.8) is 0 Å². The molecule has 5 aliphatic carbocycles. The summed E-state index contributed by atoms with van der Waals surface area (Å²) in [5.74, 6) is 1.45. The fraction of sp³-hybridized carbons (Fsp3) is 0.973. The zero-order valence-corrected chi connectivity index (χ0v) is 29.4. The zero-order chi connectivity index (χ0) is 33.0. The van der Waals surface area contributed by atoms with E-state index in [-0.39, 0.29) is 63.5 Å². The van der Waals surface area contributed by atoms with Crippen molar-refractivity contribution in [1.29, 1.82) is 0 Å². The summed E-state index contributed by atoms with van der Waals surface area (Å²) in [6, 6.07) is 0. The van der Waals surface area contributed by atoms with E-state index in [9.17, 15) is 20.1 Å². The van der Waals surface area contributed by atoms with Crippen LogP contribution in [0.15, 0.2) is 0 Å². The number of rotatable bonds is 9. The Morgan fingerprint density at radius 3 is 2.36 bits per heavy atom. The van der Waals surface area contributed by atoms with Crippen molar-refractivity contribution < 1.29 is 39.1 Å². The fourth-order valence-corrected chi connectivity index (χ4v) is 13.2. The molecule has 6 aliphatic rings. The maximum atomic E-state index is 12.8. The molecule has 8 nitrogen and oxygen atoms in total. The van der Waals surface area contributed by atoms with E-state index in [0.29, 0.717) is 24.7 Å². The van der Waals surface area contributed by atoms with Crippen LogP contribution in [0.3, 0.4) is 0 Å². The molecule has 0 aromatic carbocycles. The van der Waals surface area contributed by atoms with Gasteiger partial charge in [-0.1, -0.05) is 41.5 Å². The topological polar surface area (TPSA) is 115 Å². The maximum Gasteiger partial charge on any atom is 0.306 e. The van der Waals surface area contributed by atoms with Gasteiger partial charge in [-0.05, 0) is 105 Å². The fourth-order valence-electron chi connectivity index (χ4n) is 13.2. The van der Waals surface area contributed by atoms with Crippen LogP contribution in [0.5, 0.6) is 0 Å². The molecule has 0 bridgehead atoms. The summed E-state index contributed by atoms with van der Waals surface area (Å²) in [4.78, 5) is 12.8. The van der Waals surface area contributed by atoms with E-state index in [1.165, 1.54) is 7.11 Å². The molecule has 0 aromatic rings. The molecule has 0 unspecified atom stereocenters. The number of carbonyl (C=O) groups is 1. The Hall–Kier alpha value is -0.770. The van der Waals surface area contributed by atoms with Crippen LogP contribution < -0.4 is 0 Å². The molecule has 14 atom stereocenters. The molecular weight excluding hydrogens is 572 g/mol. The summed E-state index contributed by atoms with van der Waals surface area (Å²) in [6.07, 6.45) is 7.09. The molecule has 8 heteroatoms. The van der Waals surface area contributed by atoms with Crippen LogP contribution in [0.4, 0.5) is 0 Å². The van der Waals surface area contributed by atoms with Gasteiger partial charge in [-0.3, -0.25) is 4.79 Å². The van der Waals surface area contributed by atoms with Crippen molar-refractivity contribution in [2.24, 2.45) is 56.7 Å². The molecule has 6 rings (SSSR count). The van der Waals surface area contributed by atoms with Gasteiger partial charge in [0.15, 0.2) is 6.29 Å². The third-order valence-electron chi connectivity index (χ3n) is 15.6. The van der Waals surface area contributed by atoms with E-state index in [1.807, 2.05) is 0 Å². The molecule has 0 amide bonds. The van der Waals surface area contributed by atoms with Crippen LogP contribution in [-0.4, -0.2) is 78.4 Å². The predicted octanol–water partition coefficient (Wildman–Crippen LogP) is 5.49. The summed E-state index contributed by atoms with van der Waals surface area (Å²) >= 11 is 0. The van der Waals surface area contributed by atoms with Crippen molar-refractivity contribution in [3.8, 4) is 0 Å². The summed E-state index contributed by atoms with van der Waals surface area (Å²) in [7, 11) is 3.21. The lowest BCUT2D eigenvalue weighted by atomic mass is 9.37. The lowest BCUT2D eigenvalue weighted by Crippen LogP contribution is -2.66. The highest BCUT2D eigenvalue weighted by molar-refractivity contribution is 5.69. The smallest absolute Gasteiger partial charge is 0.306 e. The summed E-state index contributed by atoms with van der Waals surface area (Å²) in [5.41, 5.74) is -1.13. The first-order valence-electron chi connectivity index (χ1n) is 17.9. The van der Waals surface area contributed by atoms with Crippen molar-refractivity contribution in [3.05, 3.63) is 0 Å². The van der Waals surface area contributed by atoms with Gasteiger partial charge in [0.25, 0.3) is 0 Å². The Kier molecular flexibility index (Phi) is 8.43. The molecule has 6 fully saturated rings. The molecule has 45 heavy (non-hydrogen) atoms. The second-order valence-corrected chi connectivity index (χ2v) is 18.0. The summed E-state index contributed by atoms with van der Waals surface area (Å²) < 4.78 is 24.0. The predicted molar refractivity (Wildman–Crippen MR) is 170 cm³/mol. The van der Waals surface area contributed by atoms with Gasteiger partial charge in [-0.25, -0.2) is 0 Å². The quantitative estimate of drug-likeness (QED) is 0.286. The van der Waals surface area contributed by atoms with E-state index in [1.54, 1.807) is 14.0 Å². The van der Waals surface area contributed by atoms with Crippen LogP contribution in [-0.2, 0) is 23.7 Å². The number of fused-ring (bicyclic) bond motifs is 3. The van der Waals surface area contributed by atoms with Gasteiger partial charge in [0, 0.05) is 37.4 Å². The monoisotopic (exact) mass is 634 g/mol. The number of aliphatic hydroxyl groups excluding tert-OH is 3. The van der Waals surface area contributed by atoms with Crippen LogP contribution in [0.2, 0.25) is 0 Å². The molecule has 0 aromatic heterocycles. The van der Waals surface area contributed by atoms with E-state index in [0.717, 1.165) is 51.4 Å². The second kappa shape index (κ2) is 11.1. The summed E-state index contributed by atoms with van der Waals surface area (Å²) in [6.45, 7) is 15.1. The van der Waals surface area contributed by atoms with Gasteiger partial charge < -0.3 is 34.3 Å². The Labute approximate surface area is 271 Å². The van der Waals surface area contributed by atoms with Crippen LogP contribution >= 0.6 is 0 Å². The zero-order valence-electron chi connectivity index (χ0n) is 29.4. The number of hydrogen-bond acceptors (Lipinski definition) is 8. The lowest BCUT2D eigenvalue weighted by Gasteiger charge is -2.68. The minimum Gasteiger partial charge on any atom is -0.462 e. The Bertz CT molecular complexity index is 1140. The van der Waals surface area contributed by atoms with Crippen molar-refractivity contribution in [2.75, 3.05) is 20.8 Å². The van der Waals surface area contributed by atoms with E-state index < -0.39 is 30.2 Å². The average molecular weight is 635 g/mol. The van der Waals surface area contributed by atoms with Gasteiger partial charge in [-0.2, -0.15) is 0 Å². The minimum absolute atomic E-state index is 0.0790. The Morgan fingerprint density at radius 1 is 1.02 bits per heavy atom. The molecule has 0 radical (unpaired) electrons. The molecule has 258 valence electrons. The highest BCUT2D eigenvalue weighted by Gasteiger charge is 2.86. The van der Waals surface area contributed by atoms with Crippen LogP contribution in [0, 0.1) is 56.7 Å². The molecule has 0 spiro atoms. The number of carbonyl (C=O) groups excluding carboxylic acids is 1. The van der Waals surface area contributed by atoms with Gasteiger partial charge in [0.1, 0.15) is 17.8 Å². The molecule has 3 N–H and O–H groups in total. The largest absolute Gasteiger partial charge is 0.462 e. The Balaban J connectivity index is 1.24. The van der Waals surface area contributed by atoms with Crippen LogP contribution in [0.25, 0.3) is 0 Å². The number of ether oxygens (including phenoxy) is 4. The first kappa shape index (κ1) is 34.1. The van der Waals surface area contributed by atoms with Gasteiger partial charge in [0.2, 0.25) is 0 Å². The normalized spacial score (nSPS) is 50.2. The maximum absolute atomic E-state index is 12.8. The van der Waals surface area contributed by atoms with Crippen molar-refractivity contribution >= 4 is 5.97 Å². The number of esters is 1. The second-order valence-electron chi connectivity index (χ2n) is 18.0. The van der Waals surface area contributed by atoms with E-state index in [4.69, 9.17) is 18.9 Å². The summed E-state index contributed by atoms with van der Waals surface area (Å²) in [5, 5.41) is 33.6. The number of hydrogen-bond donors (Lipinski definition) is 3. The Morgan fingerprint density at radius 2 is 1.73 bits per heavy atom. The highest BCUT2D eigenvalue weighted by Crippen LogP contribution is 2.91. The number of methoxy groups -OCH3 is 2. The third-order valence-corrected chi connectivity index (χ3v) is 15.6. The van der Waals surface area contributed by atoms with Gasteiger partial charge in [-0.15, -0.1) is 0 Å². The van der Waals surface area contributed by atoms with Gasteiger partial charge in [0.05, 0.1) is 18.8 Å². The molecule has 1 aliphatic heterocycles. The van der Waals surface area contributed by atoms with E-state index >= 15 is 0 Å². The SMILES string of the molecule is CO[C@@H]1O[C@@H]([C@H](O)[C@](C)(CO)OC)C[C@H]1[C@@H]1CC[C@]23C[C@]12CC[C@@H]1[C@@]2(C)CC[C@@H](OC(=O)CC(C)C)C(C)(C)[C@@H]2C[C@@H](O)[C@]13C. The molecule has 1 heterocycles. The molecular formula is C37H62O8. The standard InChI is InChI=1S/C37H62O8/c1-21(2)16-29(40)45-28-12-13-33(5)25-11-14-36-19-37(36,35(25,7)27(39)18-26(33)32(28,3)4)15-10-23(36)22-17-24(44-31(22)42-8)30(41)34(6,20-38)43-9/h21-28,30-31,38-39,41H,10-20H2,1-9H3/t22-,23-,24+,25+,26-,27+,28+,30-,31+,33+,34-,35-,36+,37+/m0/s1. The van der Waals surface area contributed by atoms with Crippen molar-refractivity contribution in [1.82, 2.24) is 0 Å². The van der Waals surface area contributed by atoms with Crippen molar-refractivity contribution in [2.45, 2.75) is 149 Å². The highest BCUT2D eigenvalue weighted by atomic mass is 16.7. The molecule has 1 saturated heterocycles. The first-order chi connectivity index (χ1) is 21.0. The lowest BCUT2D eigenvalue weighted by molar-refractivity contribution is -0.246. The minimum atomic E-state index is -1.10. The number of aliphatic hydroxyl groups is 3. The van der Waals surface area contributed by atoms with Crippen LogP contribution in [0.1, 0.15) is 113 Å². The van der Waals surface area contributed by atoms with Gasteiger partial charge >= 0.3 is 5.97 Å².